The number of carbonyl (C=O) groups excluding carboxylic acids is 1. The van der Waals surface area contributed by atoms with Crippen molar-refractivity contribution in [3.8, 4) is 0 Å². The number of amides is 1. The van der Waals surface area contributed by atoms with E-state index in [0.29, 0.717) is 13.0 Å². The highest BCUT2D eigenvalue weighted by Crippen LogP contribution is 2.30. The number of nitrogens with zero attached hydrogens (tertiary/aromatic N) is 1. The second-order valence-electron chi connectivity index (χ2n) is 5.79. The summed E-state index contributed by atoms with van der Waals surface area (Å²) in [7, 11) is 0. The average molecular weight is 295 g/mol. The molecule has 1 aromatic heterocycles. The molecular formula is C15H19F2N3O. The van der Waals surface area contributed by atoms with Gasteiger partial charge in [-0.25, -0.2) is 0 Å². The van der Waals surface area contributed by atoms with E-state index < -0.39 is 17.7 Å². The van der Waals surface area contributed by atoms with Crippen molar-refractivity contribution in [2.45, 2.75) is 38.2 Å². The summed E-state index contributed by atoms with van der Waals surface area (Å²) in [4.78, 5) is 15.9. The summed E-state index contributed by atoms with van der Waals surface area (Å²) < 4.78 is 28.1. The molecule has 1 unspecified atom stereocenters. The lowest BCUT2D eigenvalue weighted by atomic mass is 9.99. The van der Waals surface area contributed by atoms with Crippen LogP contribution in [0.2, 0.25) is 0 Å². The van der Waals surface area contributed by atoms with Crippen LogP contribution in [0.25, 0.3) is 0 Å². The molecule has 0 bridgehead atoms. The first kappa shape index (κ1) is 14.4. The predicted molar refractivity (Wildman–Crippen MR) is 74.0 cm³/mol. The van der Waals surface area contributed by atoms with Crippen molar-refractivity contribution < 1.29 is 13.6 Å². The molecule has 0 spiro atoms. The molecule has 0 aromatic carbocycles. The highest BCUT2D eigenvalue weighted by molar-refractivity contribution is 5.83. The number of fused-ring (bicyclic) bond motifs is 1. The maximum Gasteiger partial charge on any atom is 0.328 e. The number of hydrogen-bond acceptors (Lipinski definition) is 3. The smallest absolute Gasteiger partial charge is 0.328 e. The van der Waals surface area contributed by atoms with Gasteiger partial charge in [0, 0.05) is 31.4 Å². The summed E-state index contributed by atoms with van der Waals surface area (Å²) in [6, 6.07) is 0. The first-order valence-corrected chi connectivity index (χ1v) is 7.40. The summed E-state index contributed by atoms with van der Waals surface area (Å²) in [5.41, 5.74) is 3.20. The first-order chi connectivity index (χ1) is 10.1. The van der Waals surface area contributed by atoms with E-state index in [9.17, 15) is 13.6 Å². The molecule has 1 aromatic rings. The Kier molecular flexibility index (Phi) is 3.89. The zero-order valence-corrected chi connectivity index (χ0v) is 11.8. The minimum absolute atomic E-state index is 0.130. The van der Waals surface area contributed by atoms with E-state index in [4.69, 9.17) is 0 Å². The molecule has 1 atom stereocenters. The van der Waals surface area contributed by atoms with Crippen molar-refractivity contribution in [2.75, 3.05) is 13.1 Å². The minimum Gasteiger partial charge on any atom is -0.347 e. The number of alkyl halides is 2. The number of aryl methyl sites for hydroxylation is 1. The Hall–Kier alpha value is -1.56. The Bertz CT molecular complexity index is 542. The van der Waals surface area contributed by atoms with Crippen LogP contribution in [0.5, 0.6) is 0 Å². The van der Waals surface area contributed by atoms with Crippen LogP contribution in [0, 0.1) is 5.92 Å². The molecule has 21 heavy (non-hydrogen) atoms. The third-order valence-corrected chi connectivity index (χ3v) is 4.42. The Morgan fingerprint density at radius 2 is 2.29 bits per heavy atom. The molecule has 1 saturated heterocycles. The van der Waals surface area contributed by atoms with Gasteiger partial charge < -0.3 is 10.6 Å². The van der Waals surface area contributed by atoms with Crippen LogP contribution in [0.15, 0.2) is 12.4 Å². The molecular weight excluding hydrogens is 276 g/mol. The number of hydrogen-bond donors (Lipinski definition) is 2. The molecule has 1 aliphatic heterocycles. The van der Waals surface area contributed by atoms with Gasteiger partial charge in [-0.1, -0.05) is 0 Å². The van der Waals surface area contributed by atoms with Crippen LogP contribution in [-0.4, -0.2) is 29.9 Å². The summed E-state index contributed by atoms with van der Waals surface area (Å²) in [5.74, 6) is -5.39. The van der Waals surface area contributed by atoms with Gasteiger partial charge in [0.2, 0.25) is 0 Å². The van der Waals surface area contributed by atoms with Crippen molar-refractivity contribution >= 4 is 5.91 Å². The average Bonchev–Trinajstić information content (AvgIpc) is 3.15. The number of rotatable bonds is 4. The van der Waals surface area contributed by atoms with Gasteiger partial charge in [0.1, 0.15) is 0 Å². The number of halogens is 2. The van der Waals surface area contributed by atoms with Crippen LogP contribution in [-0.2, 0) is 24.2 Å². The molecule has 4 nitrogen and oxygen atoms in total. The van der Waals surface area contributed by atoms with Crippen LogP contribution in [0.1, 0.15) is 29.5 Å². The van der Waals surface area contributed by atoms with E-state index in [0.717, 1.165) is 30.4 Å². The van der Waals surface area contributed by atoms with Crippen LogP contribution >= 0.6 is 0 Å². The van der Waals surface area contributed by atoms with Gasteiger partial charge in [0.25, 0.3) is 5.91 Å². The zero-order chi connectivity index (χ0) is 14.9. The second-order valence-corrected chi connectivity index (χ2v) is 5.79. The van der Waals surface area contributed by atoms with Gasteiger partial charge in [0.15, 0.2) is 0 Å². The SMILES string of the molecule is O=C(NCc1cncc2c1CCC2)C(F)(F)C1CCNC1. The lowest BCUT2D eigenvalue weighted by molar-refractivity contribution is -0.153. The molecule has 6 heteroatoms. The van der Waals surface area contributed by atoms with E-state index in [1.807, 2.05) is 6.20 Å². The highest BCUT2D eigenvalue weighted by atomic mass is 19.3. The quantitative estimate of drug-likeness (QED) is 0.883. The maximum absolute atomic E-state index is 14.0. The van der Waals surface area contributed by atoms with E-state index in [2.05, 4.69) is 15.6 Å². The van der Waals surface area contributed by atoms with Gasteiger partial charge in [-0.3, -0.25) is 9.78 Å². The molecule has 2 aliphatic rings. The van der Waals surface area contributed by atoms with Gasteiger partial charge in [-0.15, -0.1) is 0 Å². The third kappa shape index (κ3) is 2.77. The van der Waals surface area contributed by atoms with Crippen LogP contribution in [0.4, 0.5) is 8.78 Å². The normalized spacial score (nSPS) is 21.3. The molecule has 1 fully saturated rings. The molecule has 0 radical (unpaired) electrons. The Morgan fingerprint density at radius 3 is 3.05 bits per heavy atom. The van der Waals surface area contributed by atoms with Crippen molar-refractivity contribution in [1.29, 1.82) is 0 Å². The van der Waals surface area contributed by atoms with Gasteiger partial charge in [0.05, 0.1) is 0 Å². The number of carbonyl (C=O) groups is 1. The maximum atomic E-state index is 14.0. The summed E-state index contributed by atoms with van der Waals surface area (Å²) in [6.07, 6.45) is 6.81. The topological polar surface area (TPSA) is 54.0 Å². The molecule has 2 heterocycles. The van der Waals surface area contributed by atoms with Gasteiger partial charge >= 0.3 is 5.92 Å². The minimum atomic E-state index is -3.31. The number of aromatic nitrogens is 1. The molecule has 1 aliphatic carbocycles. The van der Waals surface area contributed by atoms with Crippen molar-refractivity contribution in [3.63, 3.8) is 0 Å². The Labute approximate surface area is 122 Å². The standard InChI is InChI=1S/C15H19F2N3O/c16-15(17,12-4-5-18-9-12)14(21)20-8-11-7-19-6-10-2-1-3-13(10)11/h6-7,12,18H,1-5,8-9H2,(H,20,21). The largest absolute Gasteiger partial charge is 0.347 e. The number of pyridine rings is 1. The fraction of sp³-hybridized carbons (Fsp3) is 0.600. The lowest BCUT2D eigenvalue weighted by Crippen LogP contribution is -2.46. The van der Waals surface area contributed by atoms with Crippen molar-refractivity contribution in [3.05, 3.63) is 29.1 Å². The molecule has 2 N–H and O–H groups in total. The predicted octanol–water partition coefficient (Wildman–Crippen LogP) is 1.43. The molecule has 3 rings (SSSR count). The Balaban J connectivity index is 1.65. The van der Waals surface area contributed by atoms with E-state index in [-0.39, 0.29) is 13.1 Å². The molecule has 1 amide bonds. The van der Waals surface area contributed by atoms with E-state index in [1.54, 1.807) is 6.20 Å². The second kappa shape index (κ2) is 5.67. The molecule has 114 valence electrons. The lowest BCUT2D eigenvalue weighted by Gasteiger charge is -2.21. The molecule has 0 saturated carbocycles. The summed E-state index contributed by atoms with van der Waals surface area (Å²) in [6.45, 7) is 0.872. The fourth-order valence-corrected chi connectivity index (χ4v) is 3.17. The summed E-state index contributed by atoms with van der Waals surface area (Å²) >= 11 is 0. The highest BCUT2D eigenvalue weighted by Gasteiger charge is 2.47. The van der Waals surface area contributed by atoms with Crippen molar-refractivity contribution in [1.82, 2.24) is 15.6 Å². The van der Waals surface area contributed by atoms with Crippen LogP contribution in [0.3, 0.4) is 0 Å². The van der Waals surface area contributed by atoms with E-state index >= 15 is 0 Å². The fourth-order valence-electron chi connectivity index (χ4n) is 3.17. The van der Waals surface area contributed by atoms with Gasteiger partial charge in [-0.2, -0.15) is 8.78 Å². The monoisotopic (exact) mass is 295 g/mol. The van der Waals surface area contributed by atoms with Gasteiger partial charge in [-0.05, 0) is 48.9 Å². The first-order valence-electron chi connectivity index (χ1n) is 7.40. The third-order valence-electron chi connectivity index (χ3n) is 4.42. The van der Waals surface area contributed by atoms with Crippen LogP contribution < -0.4 is 10.6 Å². The Morgan fingerprint density at radius 1 is 1.43 bits per heavy atom. The van der Waals surface area contributed by atoms with Crippen molar-refractivity contribution in [2.24, 2.45) is 5.92 Å². The van der Waals surface area contributed by atoms with E-state index in [1.165, 1.54) is 5.56 Å². The number of nitrogens with one attached hydrogen (secondary N) is 2. The summed E-state index contributed by atoms with van der Waals surface area (Å²) in [5, 5.41) is 5.26. The zero-order valence-electron chi connectivity index (χ0n) is 11.8.